The number of ether oxygens (including phenoxy) is 2. The molecule has 0 fully saturated rings. The first-order chi connectivity index (χ1) is 12.6. The van der Waals surface area contributed by atoms with Gasteiger partial charge in [-0.3, -0.25) is 4.98 Å². The molecule has 26 heavy (non-hydrogen) atoms. The number of hydrogen-bond donors (Lipinski definition) is 0. The van der Waals surface area contributed by atoms with Crippen LogP contribution in [0.2, 0.25) is 0 Å². The van der Waals surface area contributed by atoms with Gasteiger partial charge in [-0.1, -0.05) is 6.07 Å². The molecule has 5 nitrogen and oxygen atoms in total. The molecule has 0 unspecified atom stereocenters. The summed E-state index contributed by atoms with van der Waals surface area (Å²) in [5.74, 6) is 0.387. The number of rotatable bonds is 5. The zero-order chi connectivity index (χ0) is 18.1. The predicted octanol–water partition coefficient (Wildman–Crippen LogP) is 5.00. The molecule has 3 aromatic heterocycles. The zero-order valence-electron chi connectivity index (χ0n) is 14.3. The molecule has 0 N–H and O–H groups in total. The number of methoxy groups -OCH3 is 1. The number of fused-ring (bicyclic) bond motifs is 1. The number of hydrogen-bond acceptors (Lipinski definition) is 5. The van der Waals surface area contributed by atoms with Crippen molar-refractivity contribution in [1.82, 2.24) is 14.5 Å². The first kappa shape index (κ1) is 16.7. The second-order valence-corrected chi connectivity index (χ2v) is 6.91. The Labute approximate surface area is 153 Å². The molecule has 7 heteroatoms. The van der Waals surface area contributed by atoms with E-state index in [0.717, 1.165) is 26.4 Å². The molecule has 0 aliphatic heterocycles. The molecule has 0 radical (unpaired) electrons. The van der Waals surface area contributed by atoms with Crippen LogP contribution in [0, 0.1) is 12.7 Å². The van der Waals surface area contributed by atoms with E-state index in [4.69, 9.17) is 9.47 Å². The van der Waals surface area contributed by atoms with Crippen molar-refractivity contribution in [1.29, 1.82) is 0 Å². The van der Waals surface area contributed by atoms with Crippen LogP contribution in [-0.2, 0) is 11.5 Å². The molecule has 4 aromatic rings. The van der Waals surface area contributed by atoms with Crippen LogP contribution in [0.1, 0.15) is 5.56 Å². The number of nitrogens with zero attached hydrogens (tertiary/aromatic N) is 3. The fourth-order valence-electron chi connectivity index (χ4n) is 2.64. The fourth-order valence-corrected chi connectivity index (χ4v) is 3.66. The van der Waals surface area contributed by atoms with Crippen LogP contribution in [-0.4, -0.2) is 21.6 Å². The highest BCUT2D eigenvalue weighted by Crippen LogP contribution is 2.39. The van der Waals surface area contributed by atoms with E-state index in [-0.39, 0.29) is 11.6 Å². The Bertz CT molecular complexity index is 1070. The van der Waals surface area contributed by atoms with Crippen molar-refractivity contribution in [3.05, 3.63) is 60.4 Å². The molecule has 0 atom stereocenters. The molecule has 3 heterocycles. The Morgan fingerprint density at radius 2 is 2.04 bits per heavy atom. The number of aromatic nitrogens is 3. The van der Waals surface area contributed by atoms with Crippen LogP contribution in [0.3, 0.4) is 0 Å². The summed E-state index contributed by atoms with van der Waals surface area (Å²) in [4.78, 5) is 9.75. The van der Waals surface area contributed by atoms with Gasteiger partial charge in [0.15, 0.2) is 11.6 Å². The van der Waals surface area contributed by atoms with E-state index >= 15 is 0 Å². The Kier molecular flexibility index (Phi) is 4.40. The van der Waals surface area contributed by atoms with Gasteiger partial charge in [0.2, 0.25) is 0 Å². The smallest absolute Gasteiger partial charge is 0.165 e. The van der Waals surface area contributed by atoms with Gasteiger partial charge in [-0.2, -0.15) is 0 Å². The van der Waals surface area contributed by atoms with Crippen LogP contribution in [0.25, 0.3) is 20.8 Å². The second kappa shape index (κ2) is 6.86. The molecular weight excluding hydrogens is 353 g/mol. The number of halogens is 1. The molecule has 0 saturated carbocycles. The maximum Gasteiger partial charge on any atom is 0.165 e. The molecular formula is C19H16FN3O2S. The molecule has 4 rings (SSSR count). The van der Waals surface area contributed by atoms with Gasteiger partial charge < -0.3 is 14.0 Å². The van der Waals surface area contributed by atoms with Crippen molar-refractivity contribution in [2.75, 3.05) is 7.11 Å². The first-order valence-electron chi connectivity index (χ1n) is 7.97. The average Bonchev–Trinajstić information content (AvgIpc) is 3.24. The Balaban J connectivity index is 1.71. The van der Waals surface area contributed by atoms with Crippen molar-refractivity contribution >= 4 is 21.6 Å². The Morgan fingerprint density at radius 1 is 1.15 bits per heavy atom. The standard InChI is InChI=1S/C19H16FN3O2S/c1-12-3-4-16(13(20)7-12)25-17-5-6-21-14-8-18(26-19(14)17)15-9-23(10-22-15)11-24-2/h3-10H,11H2,1-2H3. The maximum atomic E-state index is 14.1. The summed E-state index contributed by atoms with van der Waals surface area (Å²) in [6.07, 6.45) is 5.29. The van der Waals surface area contributed by atoms with Crippen LogP contribution in [0.4, 0.5) is 4.39 Å². The van der Waals surface area contributed by atoms with Crippen molar-refractivity contribution in [2.24, 2.45) is 0 Å². The Hall–Kier alpha value is -2.77. The molecule has 132 valence electrons. The summed E-state index contributed by atoms with van der Waals surface area (Å²) >= 11 is 1.51. The average molecular weight is 369 g/mol. The van der Waals surface area contributed by atoms with E-state index in [1.54, 1.807) is 31.8 Å². The van der Waals surface area contributed by atoms with Gasteiger partial charge in [0, 0.05) is 25.6 Å². The van der Waals surface area contributed by atoms with Gasteiger partial charge in [0.05, 0.1) is 27.1 Å². The van der Waals surface area contributed by atoms with Gasteiger partial charge in [0.1, 0.15) is 12.5 Å². The molecule has 1 aromatic carbocycles. The van der Waals surface area contributed by atoms with Crippen molar-refractivity contribution in [2.45, 2.75) is 13.7 Å². The lowest BCUT2D eigenvalue weighted by Gasteiger charge is -2.07. The topological polar surface area (TPSA) is 49.2 Å². The SMILES string of the molecule is COCn1cnc(-c2cc3nccc(Oc4ccc(C)cc4F)c3s2)c1. The maximum absolute atomic E-state index is 14.1. The number of pyridine rings is 1. The van der Waals surface area contributed by atoms with Gasteiger partial charge in [-0.25, -0.2) is 9.37 Å². The third-order valence-electron chi connectivity index (χ3n) is 3.85. The third kappa shape index (κ3) is 3.18. The summed E-state index contributed by atoms with van der Waals surface area (Å²) in [6, 6.07) is 8.61. The number of imidazole rings is 1. The van der Waals surface area contributed by atoms with Crippen LogP contribution in [0.15, 0.2) is 49.1 Å². The molecule has 0 amide bonds. The largest absolute Gasteiger partial charge is 0.453 e. The van der Waals surface area contributed by atoms with E-state index < -0.39 is 0 Å². The number of benzene rings is 1. The van der Waals surface area contributed by atoms with Crippen molar-refractivity contribution in [3.63, 3.8) is 0 Å². The lowest BCUT2D eigenvalue weighted by atomic mass is 10.2. The minimum Gasteiger partial charge on any atom is -0.453 e. The normalized spacial score (nSPS) is 11.2. The minimum absolute atomic E-state index is 0.197. The molecule has 0 aliphatic carbocycles. The van der Waals surface area contributed by atoms with Crippen molar-refractivity contribution < 1.29 is 13.9 Å². The van der Waals surface area contributed by atoms with E-state index in [9.17, 15) is 4.39 Å². The van der Waals surface area contributed by atoms with Gasteiger partial charge in [0.25, 0.3) is 0 Å². The number of thiophene rings is 1. The highest BCUT2D eigenvalue weighted by Gasteiger charge is 2.14. The predicted molar refractivity (Wildman–Crippen MR) is 99.1 cm³/mol. The minimum atomic E-state index is -0.384. The Morgan fingerprint density at radius 3 is 2.85 bits per heavy atom. The third-order valence-corrected chi connectivity index (χ3v) is 5.01. The molecule has 0 bridgehead atoms. The number of aryl methyl sites for hydroxylation is 1. The summed E-state index contributed by atoms with van der Waals surface area (Å²) in [6.45, 7) is 2.28. The van der Waals surface area contributed by atoms with Crippen LogP contribution in [0.5, 0.6) is 11.5 Å². The van der Waals surface area contributed by atoms with Gasteiger partial charge in [-0.15, -0.1) is 11.3 Å². The van der Waals surface area contributed by atoms with Gasteiger partial charge in [-0.05, 0) is 30.7 Å². The zero-order valence-corrected chi connectivity index (χ0v) is 15.1. The summed E-state index contributed by atoms with van der Waals surface area (Å²) < 4.78 is 27.7. The highest BCUT2D eigenvalue weighted by atomic mass is 32.1. The van der Waals surface area contributed by atoms with Crippen molar-refractivity contribution in [3.8, 4) is 22.1 Å². The summed E-state index contributed by atoms with van der Waals surface area (Å²) in [5, 5.41) is 0. The molecule has 0 aliphatic rings. The first-order valence-corrected chi connectivity index (χ1v) is 8.79. The quantitative estimate of drug-likeness (QED) is 0.496. The fraction of sp³-hybridized carbons (Fsp3) is 0.158. The van der Waals surface area contributed by atoms with Gasteiger partial charge >= 0.3 is 0 Å². The second-order valence-electron chi connectivity index (χ2n) is 5.86. The molecule has 0 saturated heterocycles. The molecule has 0 spiro atoms. The highest BCUT2D eigenvalue weighted by molar-refractivity contribution is 7.22. The monoisotopic (exact) mass is 369 g/mol. The lowest BCUT2D eigenvalue weighted by Crippen LogP contribution is -1.94. The lowest BCUT2D eigenvalue weighted by molar-refractivity contribution is 0.131. The summed E-state index contributed by atoms with van der Waals surface area (Å²) in [7, 11) is 1.64. The van der Waals surface area contributed by atoms with E-state index in [1.807, 2.05) is 29.8 Å². The van der Waals surface area contributed by atoms with Crippen LogP contribution >= 0.6 is 11.3 Å². The van der Waals surface area contributed by atoms with E-state index in [2.05, 4.69) is 9.97 Å². The summed E-state index contributed by atoms with van der Waals surface area (Å²) in [5.41, 5.74) is 2.47. The van der Waals surface area contributed by atoms with Crippen LogP contribution < -0.4 is 4.74 Å². The van der Waals surface area contributed by atoms with E-state index in [0.29, 0.717) is 12.5 Å². The van der Waals surface area contributed by atoms with E-state index in [1.165, 1.54) is 17.4 Å².